The van der Waals surface area contributed by atoms with Crippen molar-refractivity contribution in [2.24, 2.45) is 16.5 Å². The number of aromatic nitrogens is 1. The average Bonchev–Trinajstić information content (AvgIpc) is 2.67. The van der Waals surface area contributed by atoms with Crippen molar-refractivity contribution in [3.05, 3.63) is 47.7 Å². The molecule has 1 aliphatic heterocycles. The van der Waals surface area contributed by atoms with E-state index in [1.807, 2.05) is 0 Å². The summed E-state index contributed by atoms with van der Waals surface area (Å²) in [4.78, 5) is 20.4. The number of guanidine groups is 1. The number of hydrogen-bond donors (Lipinski definition) is 2. The summed E-state index contributed by atoms with van der Waals surface area (Å²) >= 11 is 0. The van der Waals surface area contributed by atoms with Gasteiger partial charge in [-0.25, -0.2) is 18.6 Å². The van der Waals surface area contributed by atoms with Crippen molar-refractivity contribution in [2.45, 2.75) is 12.4 Å². The molecule has 1 aromatic heterocycles. The maximum Gasteiger partial charge on any atom is 0.437 e. The van der Waals surface area contributed by atoms with Gasteiger partial charge in [0.05, 0.1) is 13.1 Å². The molecule has 2 aromatic rings. The molecule has 30 heavy (non-hydrogen) atoms. The molecule has 1 aliphatic rings. The Morgan fingerprint density at radius 3 is 2.57 bits per heavy atom. The third-order valence-electron chi connectivity index (χ3n) is 4.69. The zero-order chi connectivity index (χ0) is 21.9. The first-order valence-corrected chi connectivity index (χ1v) is 8.83. The number of aliphatic imine (C=N–C) groups is 1. The van der Waals surface area contributed by atoms with E-state index in [4.69, 9.17) is 25.7 Å². The van der Waals surface area contributed by atoms with E-state index in [2.05, 4.69) is 9.98 Å². The molecule has 1 fully saturated rings. The van der Waals surface area contributed by atoms with Crippen LogP contribution in [0, 0.1) is 11.6 Å². The quantitative estimate of drug-likeness (QED) is 0.411. The van der Waals surface area contributed by atoms with Crippen LogP contribution < -0.4 is 16.4 Å². The molecule has 0 spiro atoms. The van der Waals surface area contributed by atoms with Crippen LogP contribution in [0.4, 0.5) is 19.4 Å². The van der Waals surface area contributed by atoms with Crippen molar-refractivity contribution >= 4 is 17.9 Å². The van der Waals surface area contributed by atoms with Gasteiger partial charge in [-0.1, -0.05) is 18.2 Å². The summed E-state index contributed by atoms with van der Waals surface area (Å²) < 4.78 is 44.9. The number of nitrogens with two attached hydrogens (primary N) is 2. The topological polar surface area (TPSA) is 125 Å². The molecule has 4 N–H and O–H groups in total. The van der Waals surface area contributed by atoms with Gasteiger partial charge in [0.2, 0.25) is 5.79 Å². The van der Waals surface area contributed by atoms with E-state index < -0.39 is 36.1 Å². The number of pyridine rings is 1. The number of ether oxygens (including phenoxy) is 3. The minimum Gasteiger partial charge on any atom is -0.443 e. The average molecular weight is 421 g/mol. The van der Waals surface area contributed by atoms with Crippen molar-refractivity contribution in [3.8, 4) is 11.1 Å². The van der Waals surface area contributed by atoms with Gasteiger partial charge >= 0.3 is 6.09 Å². The van der Waals surface area contributed by atoms with Gasteiger partial charge in [-0.3, -0.25) is 0 Å². The lowest BCUT2D eigenvalue weighted by Gasteiger charge is -2.48. The second-order valence-corrected chi connectivity index (χ2v) is 6.57. The minimum absolute atomic E-state index is 0.0730. The Bertz CT molecular complexity index is 969. The number of amides is 1. The van der Waals surface area contributed by atoms with Crippen molar-refractivity contribution in [1.82, 2.24) is 4.98 Å². The fourth-order valence-electron chi connectivity index (χ4n) is 3.03. The molecule has 0 saturated carbocycles. The Labute approximate surface area is 171 Å². The predicted molar refractivity (Wildman–Crippen MR) is 105 cm³/mol. The van der Waals surface area contributed by atoms with E-state index in [9.17, 15) is 13.6 Å². The molecule has 0 aliphatic carbocycles. The summed E-state index contributed by atoms with van der Waals surface area (Å²) in [5.74, 6) is -2.43. The van der Waals surface area contributed by atoms with Gasteiger partial charge in [0.15, 0.2) is 17.6 Å². The molecule has 160 valence electrons. The van der Waals surface area contributed by atoms with Crippen molar-refractivity contribution in [3.63, 3.8) is 0 Å². The number of anilines is 1. The maximum absolute atomic E-state index is 14.9. The lowest BCUT2D eigenvalue weighted by atomic mass is 10.0. The molecule has 11 heteroatoms. The summed E-state index contributed by atoms with van der Waals surface area (Å²) in [6.45, 7) is 0.232. The first kappa shape index (κ1) is 21.4. The SMILES string of the molecule is COC1(OC)CN(c2ncc(-c3cccc(COC(=O)N=C(N)N)c3F)cc2F)C1. The van der Waals surface area contributed by atoms with Crippen LogP contribution in [-0.2, 0) is 20.8 Å². The summed E-state index contributed by atoms with van der Waals surface area (Å²) in [6, 6.07) is 5.64. The van der Waals surface area contributed by atoms with Crippen LogP contribution in [0.15, 0.2) is 35.5 Å². The van der Waals surface area contributed by atoms with Crippen LogP contribution in [0.1, 0.15) is 5.56 Å². The van der Waals surface area contributed by atoms with Gasteiger partial charge in [-0.15, -0.1) is 4.99 Å². The smallest absolute Gasteiger partial charge is 0.437 e. The normalized spacial score (nSPS) is 14.7. The number of carbonyl (C=O) groups excluding carboxylic acids is 1. The van der Waals surface area contributed by atoms with Crippen LogP contribution in [-0.4, -0.2) is 50.1 Å². The Balaban J connectivity index is 1.77. The Hall–Kier alpha value is -3.31. The predicted octanol–water partition coefficient (Wildman–Crippen LogP) is 1.75. The molecule has 0 unspecified atom stereocenters. The third-order valence-corrected chi connectivity index (χ3v) is 4.69. The number of hydrogen-bond acceptors (Lipinski definition) is 6. The van der Waals surface area contributed by atoms with E-state index in [-0.39, 0.29) is 22.5 Å². The fraction of sp³-hybridized carbons (Fsp3) is 0.316. The van der Waals surface area contributed by atoms with Crippen molar-refractivity contribution < 1.29 is 27.8 Å². The second-order valence-electron chi connectivity index (χ2n) is 6.57. The standard InChI is InChI=1S/C19H21F2N5O4/c1-28-19(29-2)9-26(10-19)16-14(20)6-12(7-24-16)13-5-3-4-11(15(13)21)8-30-18(27)25-17(22)23/h3-7H,8-10H2,1-2H3,(H4,22,23,25,27). The van der Waals surface area contributed by atoms with Gasteiger partial charge in [-0.05, 0) is 6.07 Å². The highest BCUT2D eigenvalue weighted by Crippen LogP contribution is 2.33. The summed E-state index contributed by atoms with van der Waals surface area (Å²) in [5, 5.41) is 0. The summed E-state index contributed by atoms with van der Waals surface area (Å²) in [7, 11) is 3.02. The van der Waals surface area contributed by atoms with E-state index in [1.54, 1.807) is 11.0 Å². The first-order valence-electron chi connectivity index (χ1n) is 8.83. The van der Waals surface area contributed by atoms with Gasteiger partial charge < -0.3 is 30.6 Å². The number of benzene rings is 1. The summed E-state index contributed by atoms with van der Waals surface area (Å²) in [5.41, 5.74) is 10.6. The number of rotatable bonds is 6. The molecular formula is C19H21F2N5O4. The number of methoxy groups -OCH3 is 2. The van der Waals surface area contributed by atoms with Gasteiger partial charge in [0, 0.05) is 37.1 Å². The molecule has 0 radical (unpaired) electrons. The Morgan fingerprint density at radius 2 is 1.97 bits per heavy atom. The molecule has 1 amide bonds. The van der Waals surface area contributed by atoms with E-state index in [0.29, 0.717) is 13.1 Å². The summed E-state index contributed by atoms with van der Waals surface area (Å²) in [6.07, 6.45) is 0.320. The molecule has 3 rings (SSSR count). The lowest BCUT2D eigenvalue weighted by Crippen LogP contribution is -2.64. The Morgan fingerprint density at radius 1 is 1.27 bits per heavy atom. The number of carbonyl (C=O) groups is 1. The van der Waals surface area contributed by atoms with Gasteiger partial charge in [0.25, 0.3) is 0 Å². The first-order chi connectivity index (χ1) is 14.3. The van der Waals surface area contributed by atoms with Gasteiger partial charge in [0.1, 0.15) is 12.4 Å². The van der Waals surface area contributed by atoms with Crippen LogP contribution >= 0.6 is 0 Å². The number of halogens is 2. The number of nitrogens with zero attached hydrogens (tertiary/aromatic N) is 3. The fourth-order valence-corrected chi connectivity index (χ4v) is 3.03. The monoisotopic (exact) mass is 421 g/mol. The van der Waals surface area contributed by atoms with Gasteiger partial charge in [-0.2, -0.15) is 0 Å². The van der Waals surface area contributed by atoms with E-state index in [0.717, 1.165) is 0 Å². The minimum atomic E-state index is -1.05. The van der Waals surface area contributed by atoms with Crippen LogP contribution in [0.25, 0.3) is 11.1 Å². The zero-order valence-electron chi connectivity index (χ0n) is 16.4. The maximum atomic E-state index is 14.9. The second kappa shape index (κ2) is 8.59. The Kier molecular flexibility index (Phi) is 6.13. The van der Waals surface area contributed by atoms with Crippen molar-refractivity contribution in [1.29, 1.82) is 0 Å². The third kappa shape index (κ3) is 4.31. The lowest BCUT2D eigenvalue weighted by molar-refractivity contribution is -0.219. The largest absolute Gasteiger partial charge is 0.443 e. The molecule has 9 nitrogen and oxygen atoms in total. The van der Waals surface area contributed by atoms with E-state index in [1.165, 1.54) is 38.6 Å². The molecular weight excluding hydrogens is 400 g/mol. The van der Waals surface area contributed by atoms with Crippen LogP contribution in [0.5, 0.6) is 0 Å². The highest BCUT2D eigenvalue weighted by atomic mass is 19.1. The molecule has 1 saturated heterocycles. The molecule has 2 heterocycles. The highest BCUT2D eigenvalue weighted by molar-refractivity contribution is 5.87. The van der Waals surface area contributed by atoms with Crippen LogP contribution in [0.3, 0.4) is 0 Å². The molecule has 1 aromatic carbocycles. The van der Waals surface area contributed by atoms with Crippen LogP contribution in [0.2, 0.25) is 0 Å². The van der Waals surface area contributed by atoms with E-state index >= 15 is 0 Å². The highest BCUT2D eigenvalue weighted by Gasteiger charge is 2.45. The van der Waals surface area contributed by atoms with Crippen molar-refractivity contribution in [2.75, 3.05) is 32.2 Å². The zero-order valence-corrected chi connectivity index (χ0v) is 16.4. The molecule has 0 atom stereocenters. The molecule has 0 bridgehead atoms.